The van der Waals surface area contributed by atoms with Crippen LogP contribution < -0.4 is 10.6 Å². The third kappa shape index (κ3) is 1.96. The molecule has 0 bridgehead atoms. The molecular weight excluding hydrogens is 224 g/mol. The maximum Gasteiger partial charge on any atom is 0.237 e. The van der Waals surface area contributed by atoms with E-state index in [1.54, 1.807) is 0 Å². The number of hydrogen-bond donors (Lipinski definition) is 1. The normalized spacial score (nSPS) is 14.8. The van der Waals surface area contributed by atoms with Crippen molar-refractivity contribution in [2.75, 3.05) is 17.2 Å². The lowest BCUT2D eigenvalue weighted by molar-refractivity contribution is -0.117. The van der Waals surface area contributed by atoms with Gasteiger partial charge in [0.2, 0.25) is 5.91 Å². The maximum absolute atomic E-state index is 11.7. The molecular formula is C11H12N2O2S. The molecule has 16 heavy (non-hydrogen) atoms. The van der Waals surface area contributed by atoms with Crippen LogP contribution in [0.25, 0.3) is 0 Å². The predicted octanol–water partition coefficient (Wildman–Crippen LogP) is 0.783. The van der Waals surface area contributed by atoms with Crippen molar-refractivity contribution in [3.63, 3.8) is 0 Å². The third-order valence-electron chi connectivity index (χ3n) is 2.46. The Morgan fingerprint density at radius 1 is 1.50 bits per heavy atom. The van der Waals surface area contributed by atoms with Crippen LogP contribution in [-0.2, 0) is 16.1 Å². The van der Waals surface area contributed by atoms with Gasteiger partial charge in [-0.3, -0.25) is 4.79 Å². The molecule has 1 aliphatic rings. The van der Waals surface area contributed by atoms with Crippen LogP contribution in [0.4, 0.5) is 5.69 Å². The van der Waals surface area contributed by atoms with Crippen LogP contribution in [0.3, 0.4) is 0 Å². The quantitative estimate of drug-likeness (QED) is 0.788. The number of carbonyl (C=O) groups excluding carboxylic acids is 2. The lowest BCUT2D eigenvalue weighted by atomic mass is 10.2. The molecule has 1 amide bonds. The zero-order valence-corrected chi connectivity index (χ0v) is 9.50. The zero-order valence-electron chi connectivity index (χ0n) is 8.68. The number of thioether (sulfide) groups is 1. The number of aldehydes is 1. The van der Waals surface area contributed by atoms with Crippen molar-refractivity contribution in [1.29, 1.82) is 0 Å². The topological polar surface area (TPSA) is 63.4 Å². The van der Waals surface area contributed by atoms with Gasteiger partial charge < -0.3 is 15.4 Å². The first-order valence-corrected chi connectivity index (χ1v) is 5.94. The molecule has 0 radical (unpaired) electrons. The van der Waals surface area contributed by atoms with E-state index in [2.05, 4.69) is 0 Å². The van der Waals surface area contributed by atoms with E-state index in [0.717, 1.165) is 22.4 Å². The zero-order chi connectivity index (χ0) is 11.5. The summed E-state index contributed by atoms with van der Waals surface area (Å²) in [7, 11) is 0. The van der Waals surface area contributed by atoms with Crippen molar-refractivity contribution in [2.24, 2.45) is 5.73 Å². The Hall–Kier alpha value is -1.33. The number of fused-ring (bicyclic) bond motifs is 1. The first-order valence-electron chi connectivity index (χ1n) is 4.96. The highest BCUT2D eigenvalue weighted by Gasteiger charge is 2.24. The van der Waals surface area contributed by atoms with Crippen molar-refractivity contribution >= 4 is 29.6 Å². The molecule has 0 saturated carbocycles. The van der Waals surface area contributed by atoms with Gasteiger partial charge in [-0.1, -0.05) is 6.07 Å². The average molecular weight is 236 g/mol. The van der Waals surface area contributed by atoms with Gasteiger partial charge in [0.05, 0.1) is 18.0 Å². The van der Waals surface area contributed by atoms with Crippen LogP contribution in [0.1, 0.15) is 5.56 Å². The van der Waals surface area contributed by atoms with E-state index in [4.69, 9.17) is 5.73 Å². The van der Waals surface area contributed by atoms with Crippen LogP contribution in [-0.4, -0.2) is 24.5 Å². The van der Waals surface area contributed by atoms with Gasteiger partial charge in [0, 0.05) is 11.4 Å². The number of anilines is 1. The molecule has 0 aliphatic carbocycles. The molecule has 0 fully saturated rings. The molecule has 0 aromatic heterocycles. The number of hydrogen-bond acceptors (Lipinski definition) is 4. The second-order valence-electron chi connectivity index (χ2n) is 3.47. The Labute approximate surface area is 97.8 Å². The molecule has 1 heterocycles. The lowest BCUT2D eigenvalue weighted by Gasteiger charge is -2.27. The molecule has 1 aromatic rings. The highest BCUT2D eigenvalue weighted by atomic mass is 32.2. The summed E-state index contributed by atoms with van der Waals surface area (Å²) in [5, 5.41) is 0. The Morgan fingerprint density at radius 3 is 3.00 bits per heavy atom. The van der Waals surface area contributed by atoms with Crippen LogP contribution in [0, 0.1) is 0 Å². The number of benzene rings is 1. The first kappa shape index (κ1) is 11.2. The fraction of sp³-hybridized carbons (Fsp3) is 0.273. The Morgan fingerprint density at radius 2 is 2.31 bits per heavy atom. The number of rotatable bonds is 3. The van der Waals surface area contributed by atoms with Crippen molar-refractivity contribution in [2.45, 2.75) is 11.4 Å². The van der Waals surface area contributed by atoms with E-state index in [1.165, 1.54) is 16.7 Å². The van der Waals surface area contributed by atoms with Crippen molar-refractivity contribution in [1.82, 2.24) is 0 Å². The second-order valence-corrected chi connectivity index (χ2v) is 4.48. The van der Waals surface area contributed by atoms with Gasteiger partial charge in [-0.2, -0.15) is 0 Å². The average Bonchev–Trinajstić information content (AvgIpc) is 2.32. The molecule has 0 saturated heterocycles. The third-order valence-corrected chi connectivity index (χ3v) is 3.51. The summed E-state index contributed by atoms with van der Waals surface area (Å²) in [5.41, 5.74) is 7.32. The SMILES string of the molecule is NCc1ccc2c(c1)N(CC=O)C(=O)CS2. The molecule has 0 spiro atoms. The van der Waals surface area contributed by atoms with Gasteiger partial charge in [-0.25, -0.2) is 0 Å². The van der Waals surface area contributed by atoms with Crippen molar-refractivity contribution in [3.05, 3.63) is 23.8 Å². The Kier molecular flexibility index (Phi) is 3.26. The summed E-state index contributed by atoms with van der Waals surface area (Å²) < 4.78 is 0. The van der Waals surface area contributed by atoms with Crippen LogP contribution in [0.5, 0.6) is 0 Å². The smallest absolute Gasteiger partial charge is 0.237 e. The minimum Gasteiger partial charge on any atom is -0.326 e. The number of amides is 1. The molecule has 0 atom stereocenters. The lowest BCUT2D eigenvalue weighted by Crippen LogP contribution is -2.36. The van der Waals surface area contributed by atoms with Gasteiger partial charge >= 0.3 is 0 Å². The monoisotopic (exact) mass is 236 g/mol. The van der Waals surface area contributed by atoms with Gasteiger partial charge in [0.25, 0.3) is 0 Å². The van der Waals surface area contributed by atoms with Gasteiger partial charge in [-0.05, 0) is 17.7 Å². The number of nitrogens with two attached hydrogens (primary N) is 1. The van der Waals surface area contributed by atoms with E-state index < -0.39 is 0 Å². The molecule has 1 aliphatic heterocycles. The van der Waals surface area contributed by atoms with Gasteiger partial charge in [-0.15, -0.1) is 11.8 Å². The van der Waals surface area contributed by atoms with Crippen LogP contribution in [0.15, 0.2) is 23.1 Å². The van der Waals surface area contributed by atoms with E-state index in [9.17, 15) is 9.59 Å². The minimum absolute atomic E-state index is 0.0289. The number of nitrogens with zero attached hydrogens (tertiary/aromatic N) is 1. The summed E-state index contributed by atoms with van der Waals surface area (Å²) in [5.74, 6) is 0.363. The Bertz CT molecular complexity index is 434. The molecule has 4 nitrogen and oxygen atoms in total. The maximum atomic E-state index is 11.7. The van der Waals surface area contributed by atoms with E-state index in [0.29, 0.717) is 12.3 Å². The van der Waals surface area contributed by atoms with Gasteiger partial charge in [0.1, 0.15) is 6.29 Å². The molecule has 5 heteroatoms. The standard InChI is InChI=1S/C11H12N2O2S/c12-6-8-1-2-10-9(5-8)13(3-4-14)11(15)7-16-10/h1-2,4-5H,3,6-7,12H2. The molecule has 1 aromatic carbocycles. The summed E-state index contributed by atoms with van der Waals surface area (Å²) in [6.07, 6.45) is 0.743. The van der Waals surface area contributed by atoms with Crippen molar-refractivity contribution in [3.8, 4) is 0 Å². The van der Waals surface area contributed by atoms with E-state index in [1.807, 2.05) is 18.2 Å². The fourth-order valence-electron chi connectivity index (χ4n) is 1.65. The minimum atomic E-state index is -0.0289. The second kappa shape index (κ2) is 4.67. The molecule has 84 valence electrons. The van der Waals surface area contributed by atoms with E-state index >= 15 is 0 Å². The summed E-state index contributed by atoms with van der Waals surface area (Å²) in [6.45, 7) is 0.543. The summed E-state index contributed by atoms with van der Waals surface area (Å²) >= 11 is 1.50. The number of carbonyl (C=O) groups is 2. The highest BCUT2D eigenvalue weighted by Crippen LogP contribution is 2.35. The van der Waals surface area contributed by atoms with Gasteiger partial charge in [0.15, 0.2) is 0 Å². The van der Waals surface area contributed by atoms with Crippen LogP contribution in [0.2, 0.25) is 0 Å². The summed E-state index contributed by atoms with van der Waals surface area (Å²) in [6, 6.07) is 5.77. The molecule has 2 rings (SSSR count). The molecule has 0 unspecified atom stereocenters. The molecule has 2 N–H and O–H groups in total. The fourth-order valence-corrected chi connectivity index (χ4v) is 2.57. The highest BCUT2D eigenvalue weighted by molar-refractivity contribution is 8.00. The largest absolute Gasteiger partial charge is 0.326 e. The Balaban J connectivity index is 2.43. The van der Waals surface area contributed by atoms with Crippen LogP contribution >= 0.6 is 11.8 Å². The first-order chi connectivity index (χ1) is 7.76. The van der Waals surface area contributed by atoms with Crippen molar-refractivity contribution < 1.29 is 9.59 Å². The summed E-state index contributed by atoms with van der Waals surface area (Å²) in [4.78, 5) is 24.8. The van der Waals surface area contributed by atoms with E-state index in [-0.39, 0.29) is 12.5 Å². The predicted molar refractivity (Wildman–Crippen MR) is 63.5 cm³/mol.